The van der Waals surface area contributed by atoms with E-state index in [1.807, 2.05) is 0 Å². The molecule has 1 fully saturated rings. The smallest absolute Gasteiger partial charge is 0.0960 e. The maximum Gasteiger partial charge on any atom is 0.0960 e. The molecule has 2 N–H and O–H groups in total. The van der Waals surface area contributed by atoms with E-state index < -0.39 is 0 Å². The lowest BCUT2D eigenvalue weighted by atomic mass is 10.0. The molecule has 0 aromatic rings. The fourth-order valence-electron chi connectivity index (χ4n) is 0.950. The van der Waals surface area contributed by atoms with E-state index in [4.69, 9.17) is 5.41 Å². The first-order valence-corrected chi connectivity index (χ1v) is 3.13. The quantitative estimate of drug-likeness (QED) is 0.536. The maximum atomic E-state index is 7.28. The summed E-state index contributed by atoms with van der Waals surface area (Å²) >= 11 is 0. The summed E-state index contributed by atoms with van der Waals surface area (Å²) in [6.45, 7) is 3.09. The molecule has 9 heavy (non-hydrogen) atoms. The van der Waals surface area contributed by atoms with Crippen LogP contribution in [0.1, 0.15) is 19.8 Å². The first-order chi connectivity index (χ1) is 3.80. The van der Waals surface area contributed by atoms with Gasteiger partial charge in [-0.25, -0.2) is 0 Å². The van der Waals surface area contributed by atoms with Crippen molar-refractivity contribution in [1.82, 2.24) is 5.32 Å². The number of amidine groups is 1. The highest BCUT2D eigenvalue weighted by Crippen LogP contribution is 2.08. The highest BCUT2D eigenvalue weighted by atomic mass is 35.5. The van der Waals surface area contributed by atoms with Crippen molar-refractivity contribution >= 4 is 18.2 Å². The predicted octanol–water partition coefficient (Wildman–Crippen LogP) is 1.40. The molecule has 1 atom stereocenters. The van der Waals surface area contributed by atoms with Crippen LogP contribution >= 0.6 is 12.4 Å². The van der Waals surface area contributed by atoms with E-state index in [2.05, 4.69) is 12.2 Å². The van der Waals surface area contributed by atoms with Crippen LogP contribution in [0, 0.1) is 11.3 Å². The van der Waals surface area contributed by atoms with Crippen molar-refractivity contribution in [1.29, 1.82) is 5.41 Å². The second kappa shape index (κ2) is 3.72. The van der Waals surface area contributed by atoms with Crippen molar-refractivity contribution in [2.75, 3.05) is 6.54 Å². The summed E-state index contributed by atoms with van der Waals surface area (Å²) in [5.41, 5.74) is 0. The van der Waals surface area contributed by atoms with E-state index in [1.165, 1.54) is 12.8 Å². The molecular formula is C6H13ClN2. The van der Waals surface area contributed by atoms with Crippen molar-refractivity contribution < 1.29 is 0 Å². The Morgan fingerprint density at radius 3 is 2.67 bits per heavy atom. The lowest BCUT2D eigenvalue weighted by Gasteiger charge is -2.20. The summed E-state index contributed by atoms with van der Waals surface area (Å²) in [4.78, 5) is 0. The monoisotopic (exact) mass is 148 g/mol. The molecule has 0 aliphatic carbocycles. The van der Waals surface area contributed by atoms with Crippen LogP contribution in [0.15, 0.2) is 0 Å². The Hall–Kier alpha value is -0.240. The summed E-state index contributed by atoms with van der Waals surface area (Å²) in [5.74, 6) is 1.19. The molecule has 1 aliphatic heterocycles. The van der Waals surface area contributed by atoms with Gasteiger partial charge in [0, 0.05) is 12.5 Å². The summed E-state index contributed by atoms with van der Waals surface area (Å²) in [7, 11) is 0. The number of piperidine rings is 1. The Bertz CT molecular complexity index is 103. The average Bonchev–Trinajstić information content (AvgIpc) is 1.77. The fourth-order valence-corrected chi connectivity index (χ4v) is 0.950. The lowest BCUT2D eigenvalue weighted by Crippen LogP contribution is -2.34. The number of nitrogens with one attached hydrogen (secondary N) is 2. The molecule has 1 unspecified atom stereocenters. The van der Waals surface area contributed by atoms with Gasteiger partial charge in [-0.05, 0) is 12.8 Å². The van der Waals surface area contributed by atoms with Gasteiger partial charge in [0.1, 0.15) is 0 Å². The van der Waals surface area contributed by atoms with E-state index in [-0.39, 0.29) is 12.4 Å². The topological polar surface area (TPSA) is 35.9 Å². The summed E-state index contributed by atoms with van der Waals surface area (Å²) in [5, 5.41) is 10.3. The summed E-state index contributed by atoms with van der Waals surface area (Å²) in [6.07, 6.45) is 2.41. The van der Waals surface area contributed by atoms with Gasteiger partial charge in [-0.3, -0.25) is 5.41 Å². The molecule has 0 aromatic carbocycles. The third kappa shape index (κ3) is 2.22. The number of hydrogen-bond donors (Lipinski definition) is 2. The minimum absolute atomic E-state index is 0. The number of halogens is 1. The molecule has 54 valence electrons. The predicted molar refractivity (Wildman–Crippen MR) is 41.4 cm³/mol. The molecule has 0 saturated carbocycles. The highest BCUT2D eigenvalue weighted by Gasteiger charge is 2.11. The Morgan fingerprint density at radius 2 is 2.33 bits per heavy atom. The van der Waals surface area contributed by atoms with Crippen LogP contribution in [0.3, 0.4) is 0 Å². The van der Waals surface area contributed by atoms with Crippen LogP contribution < -0.4 is 5.32 Å². The fraction of sp³-hybridized carbons (Fsp3) is 0.833. The molecule has 1 aliphatic rings. The van der Waals surface area contributed by atoms with Gasteiger partial charge < -0.3 is 5.32 Å². The zero-order valence-corrected chi connectivity index (χ0v) is 6.42. The summed E-state index contributed by atoms with van der Waals surface area (Å²) in [6, 6.07) is 0. The summed E-state index contributed by atoms with van der Waals surface area (Å²) < 4.78 is 0. The maximum absolute atomic E-state index is 7.28. The van der Waals surface area contributed by atoms with E-state index in [0.29, 0.717) is 5.92 Å². The molecule has 0 bridgehead atoms. The molecule has 1 saturated heterocycles. The van der Waals surface area contributed by atoms with Crippen LogP contribution in [-0.2, 0) is 0 Å². The zero-order chi connectivity index (χ0) is 5.98. The van der Waals surface area contributed by atoms with Crippen LogP contribution in [-0.4, -0.2) is 12.4 Å². The van der Waals surface area contributed by atoms with Crippen molar-refractivity contribution in [2.24, 2.45) is 5.92 Å². The van der Waals surface area contributed by atoms with Gasteiger partial charge in [0.2, 0.25) is 0 Å². The minimum atomic E-state index is 0. The Morgan fingerprint density at radius 1 is 1.67 bits per heavy atom. The second-order valence-electron chi connectivity index (χ2n) is 2.38. The molecule has 3 heteroatoms. The Kier molecular flexibility index (Phi) is 3.62. The van der Waals surface area contributed by atoms with Crippen LogP contribution in [0.2, 0.25) is 0 Å². The largest absolute Gasteiger partial charge is 0.374 e. The molecule has 0 spiro atoms. The Balaban J connectivity index is 0.000000640. The van der Waals surface area contributed by atoms with Gasteiger partial charge in [-0.2, -0.15) is 0 Å². The van der Waals surface area contributed by atoms with E-state index in [1.54, 1.807) is 0 Å². The highest BCUT2D eigenvalue weighted by molar-refractivity contribution is 5.85. The molecule has 1 heterocycles. The van der Waals surface area contributed by atoms with E-state index >= 15 is 0 Å². The normalized spacial score (nSPS) is 26.3. The van der Waals surface area contributed by atoms with Gasteiger partial charge in [-0.15, -0.1) is 12.4 Å². The molecule has 0 aromatic heterocycles. The zero-order valence-electron chi connectivity index (χ0n) is 5.61. The SMILES string of the molecule is CC1CCCNC1=N.Cl. The second-order valence-corrected chi connectivity index (χ2v) is 2.38. The van der Waals surface area contributed by atoms with E-state index in [9.17, 15) is 0 Å². The number of hydrogen-bond acceptors (Lipinski definition) is 1. The Labute approximate surface area is 61.9 Å². The van der Waals surface area contributed by atoms with Crippen LogP contribution in [0.25, 0.3) is 0 Å². The minimum Gasteiger partial charge on any atom is -0.374 e. The van der Waals surface area contributed by atoms with Gasteiger partial charge in [0.15, 0.2) is 0 Å². The third-order valence-electron chi connectivity index (χ3n) is 1.62. The third-order valence-corrected chi connectivity index (χ3v) is 1.62. The van der Waals surface area contributed by atoms with Crippen LogP contribution in [0.5, 0.6) is 0 Å². The molecule has 0 radical (unpaired) electrons. The van der Waals surface area contributed by atoms with Crippen LogP contribution in [0.4, 0.5) is 0 Å². The standard InChI is InChI=1S/C6H12N2.ClH/c1-5-3-2-4-8-6(5)7;/h5H,2-4H2,1H3,(H2,7,8);1H. The van der Waals surface area contributed by atoms with Gasteiger partial charge in [0.25, 0.3) is 0 Å². The van der Waals surface area contributed by atoms with E-state index in [0.717, 1.165) is 12.4 Å². The van der Waals surface area contributed by atoms with Gasteiger partial charge in [-0.1, -0.05) is 6.92 Å². The van der Waals surface area contributed by atoms with Crippen molar-refractivity contribution in [3.05, 3.63) is 0 Å². The van der Waals surface area contributed by atoms with Crippen molar-refractivity contribution in [3.8, 4) is 0 Å². The number of rotatable bonds is 0. The average molecular weight is 149 g/mol. The first-order valence-electron chi connectivity index (χ1n) is 3.13. The molecule has 0 amide bonds. The molecular weight excluding hydrogens is 136 g/mol. The lowest BCUT2D eigenvalue weighted by molar-refractivity contribution is 0.556. The van der Waals surface area contributed by atoms with Crippen molar-refractivity contribution in [2.45, 2.75) is 19.8 Å². The molecule has 1 rings (SSSR count). The van der Waals surface area contributed by atoms with Gasteiger partial charge in [0.05, 0.1) is 5.84 Å². The molecule has 2 nitrogen and oxygen atoms in total. The van der Waals surface area contributed by atoms with Gasteiger partial charge >= 0.3 is 0 Å². The van der Waals surface area contributed by atoms with Crippen molar-refractivity contribution in [3.63, 3.8) is 0 Å². The first kappa shape index (κ1) is 8.76.